The quantitative estimate of drug-likeness (QED) is 0.825. The summed E-state index contributed by atoms with van der Waals surface area (Å²) in [5.74, 6) is -1.64. The lowest BCUT2D eigenvalue weighted by Gasteiger charge is -1.95. The van der Waals surface area contributed by atoms with Crippen LogP contribution in [0.5, 0.6) is 0 Å². The van der Waals surface area contributed by atoms with Crippen LogP contribution in [0.1, 0.15) is 0 Å². The Labute approximate surface area is 83.9 Å². The van der Waals surface area contributed by atoms with Gasteiger partial charge in [0.1, 0.15) is 0 Å². The Balaban J connectivity index is 2.40. The first-order chi connectivity index (χ1) is 7.20. The molecular formula is C9H7F2N3O. The van der Waals surface area contributed by atoms with Gasteiger partial charge in [0.2, 0.25) is 5.82 Å². The van der Waals surface area contributed by atoms with E-state index in [0.717, 1.165) is 12.1 Å². The van der Waals surface area contributed by atoms with Gasteiger partial charge in [-0.05, 0) is 18.2 Å². The van der Waals surface area contributed by atoms with Crippen LogP contribution in [0.15, 0.2) is 22.7 Å². The highest BCUT2D eigenvalue weighted by atomic mass is 19.2. The highest BCUT2D eigenvalue weighted by Crippen LogP contribution is 2.19. The second kappa shape index (κ2) is 3.64. The zero-order chi connectivity index (χ0) is 10.8. The maximum absolute atomic E-state index is 12.9. The fourth-order valence-corrected chi connectivity index (χ4v) is 1.08. The van der Waals surface area contributed by atoms with Crippen molar-refractivity contribution in [1.29, 1.82) is 0 Å². The topological polar surface area (TPSA) is 51.0 Å². The van der Waals surface area contributed by atoms with Crippen molar-refractivity contribution in [1.82, 2.24) is 10.1 Å². The van der Waals surface area contributed by atoms with Gasteiger partial charge in [-0.15, -0.1) is 0 Å². The molecule has 0 saturated carbocycles. The number of halogens is 2. The molecule has 0 fully saturated rings. The molecule has 0 saturated heterocycles. The summed E-state index contributed by atoms with van der Waals surface area (Å²) in [5.41, 5.74) is 0.360. The number of aromatic nitrogens is 2. The first-order valence-electron chi connectivity index (χ1n) is 4.17. The molecule has 1 N–H and O–H groups in total. The van der Waals surface area contributed by atoms with Gasteiger partial charge in [-0.1, -0.05) is 5.16 Å². The number of hydrogen-bond donors (Lipinski definition) is 1. The van der Waals surface area contributed by atoms with Gasteiger partial charge in [0, 0.05) is 12.6 Å². The first kappa shape index (κ1) is 9.57. The van der Waals surface area contributed by atoms with Gasteiger partial charge in [0.25, 0.3) is 0 Å². The molecule has 4 nitrogen and oxygen atoms in total. The lowest BCUT2D eigenvalue weighted by molar-refractivity contribution is 0.434. The summed E-state index contributed by atoms with van der Waals surface area (Å²) in [5, 5.41) is 6.23. The molecule has 1 aromatic heterocycles. The number of nitrogens with zero attached hydrogens (tertiary/aromatic N) is 2. The number of nitrogens with one attached hydrogen (secondary N) is 1. The maximum Gasteiger partial charge on any atom is 0.321 e. The average Bonchev–Trinajstić information content (AvgIpc) is 2.70. The van der Waals surface area contributed by atoms with Gasteiger partial charge in [-0.3, -0.25) is 0 Å². The van der Waals surface area contributed by atoms with Crippen LogP contribution in [-0.4, -0.2) is 17.2 Å². The Hall–Kier alpha value is -1.98. The molecule has 78 valence electrons. The minimum atomic E-state index is -0.941. The fourth-order valence-electron chi connectivity index (χ4n) is 1.08. The Morgan fingerprint density at radius 2 is 2.07 bits per heavy atom. The average molecular weight is 211 g/mol. The van der Waals surface area contributed by atoms with Gasteiger partial charge >= 0.3 is 6.01 Å². The normalized spacial score (nSPS) is 10.3. The van der Waals surface area contributed by atoms with E-state index in [1.54, 1.807) is 7.05 Å². The summed E-state index contributed by atoms with van der Waals surface area (Å²) in [6, 6.07) is 3.62. The summed E-state index contributed by atoms with van der Waals surface area (Å²) in [7, 11) is 1.61. The SMILES string of the molecule is CNc1nc(-c2ccc(F)c(F)c2)no1. The molecule has 15 heavy (non-hydrogen) atoms. The highest BCUT2D eigenvalue weighted by molar-refractivity contribution is 5.55. The van der Waals surface area contributed by atoms with Crippen molar-refractivity contribution in [2.75, 3.05) is 12.4 Å². The van der Waals surface area contributed by atoms with Crippen molar-refractivity contribution in [2.45, 2.75) is 0 Å². The van der Waals surface area contributed by atoms with Gasteiger partial charge in [0.15, 0.2) is 11.6 Å². The Morgan fingerprint density at radius 3 is 2.67 bits per heavy atom. The number of benzene rings is 1. The minimum absolute atomic E-state index is 0.207. The summed E-state index contributed by atoms with van der Waals surface area (Å²) in [4.78, 5) is 3.89. The highest BCUT2D eigenvalue weighted by Gasteiger charge is 2.09. The smallest absolute Gasteiger partial charge is 0.321 e. The monoisotopic (exact) mass is 211 g/mol. The van der Waals surface area contributed by atoms with E-state index in [-0.39, 0.29) is 11.8 Å². The molecule has 0 spiro atoms. The Morgan fingerprint density at radius 1 is 1.27 bits per heavy atom. The molecular weight excluding hydrogens is 204 g/mol. The molecule has 2 rings (SSSR count). The van der Waals surface area contributed by atoms with Crippen LogP contribution in [0.3, 0.4) is 0 Å². The summed E-state index contributed by atoms with van der Waals surface area (Å²) in [6.07, 6.45) is 0. The molecule has 1 heterocycles. The minimum Gasteiger partial charge on any atom is -0.341 e. The molecule has 0 aliphatic rings. The predicted molar refractivity (Wildman–Crippen MR) is 49.2 cm³/mol. The van der Waals surface area contributed by atoms with Crippen molar-refractivity contribution in [2.24, 2.45) is 0 Å². The van der Waals surface area contributed by atoms with Crippen LogP contribution in [-0.2, 0) is 0 Å². The first-order valence-corrected chi connectivity index (χ1v) is 4.17. The molecule has 0 bridgehead atoms. The molecule has 0 radical (unpaired) electrons. The van der Waals surface area contributed by atoms with Crippen molar-refractivity contribution in [3.63, 3.8) is 0 Å². The van der Waals surface area contributed by atoms with Crippen LogP contribution in [0.2, 0.25) is 0 Å². The molecule has 1 aromatic carbocycles. The van der Waals surface area contributed by atoms with Crippen LogP contribution >= 0.6 is 0 Å². The second-order valence-electron chi connectivity index (χ2n) is 2.80. The molecule has 0 atom stereocenters. The Bertz CT molecular complexity index is 484. The largest absolute Gasteiger partial charge is 0.341 e. The second-order valence-corrected chi connectivity index (χ2v) is 2.80. The van der Waals surface area contributed by atoms with Gasteiger partial charge in [-0.2, -0.15) is 4.98 Å². The van der Waals surface area contributed by atoms with Crippen LogP contribution in [0, 0.1) is 11.6 Å². The zero-order valence-electron chi connectivity index (χ0n) is 7.79. The van der Waals surface area contributed by atoms with Crippen LogP contribution in [0.25, 0.3) is 11.4 Å². The zero-order valence-corrected chi connectivity index (χ0v) is 7.79. The molecule has 6 heteroatoms. The van der Waals surface area contributed by atoms with E-state index in [4.69, 9.17) is 4.52 Å². The molecule has 0 unspecified atom stereocenters. The number of hydrogen-bond acceptors (Lipinski definition) is 4. The lowest BCUT2D eigenvalue weighted by Crippen LogP contribution is -1.88. The van der Waals surface area contributed by atoms with Crippen molar-refractivity contribution >= 4 is 6.01 Å². The third-order valence-corrected chi connectivity index (χ3v) is 1.82. The molecule has 2 aromatic rings. The van der Waals surface area contributed by atoms with Crippen molar-refractivity contribution < 1.29 is 13.3 Å². The van der Waals surface area contributed by atoms with Gasteiger partial charge < -0.3 is 9.84 Å². The van der Waals surface area contributed by atoms with Crippen molar-refractivity contribution in [3.8, 4) is 11.4 Å². The van der Waals surface area contributed by atoms with E-state index in [1.165, 1.54) is 6.07 Å². The Kier molecular flexibility index (Phi) is 2.32. The molecule has 0 aliphatic heterocycles. The van der Waals surface area contributed by atoms with E-state index < -0.39 is 11.6 Å². The third kappa shape index (κ3) is 1.78. The van der Waals surface area contributed by atoms with Crippen LogP contribution < -0.4 is 5.32 Å². The number of anilines is 1. The van der Waals surface area contributed by atoms with Gasteiger partial charge in [-0.25, -0.2) is 8.78 Å². The van der Waals surface area contributed by atoms with Gasteiger partial charge in [0.05, 0.1) is 0 Å². The molecule has 0 aliphatic carbocycles. The van der Waals surface area contributed by atoms with E-state index in [9.17, 15) is 8.78 Å². The summed E-state index contributed by atoms with van der Waals surface area (Å²) >= 11 is 0. The van der Waals surface area contributed by atoms with E-state index >= 15 is 0 Å². The standard InChI is InChI=1S/C9H7F2N3O/c1-12-9-13-8(14-15-9)5-2-3-6(10)7(11)4-5/h2-4H,1H3,(H,12,13,14). The number of rotatable bonds is 2. The lowest BCUT2D eigenvalue weighted by atomic mass is 10.2. The maximum atomic E-state index is 12.9. The summed E-state index contributed by atoms with van der Waals surface area (Å²) in [6.45, 7) is 0. The molecule has 0 amide bonds. The third-order valence-electron chi connectivity index (χ3n) is 1.82. The van der Waals surface area contributed by atoms with E-state index in [0.29, 0.717) is 5.56 Å². The van der Waals surface area contributed by atoms with Crippen molar-refractivity contribution in [3.05, 3.63) is 29.8 Å². The fraction of sp³-hybridized carbons (Fsp3) is 0.111. The van der Waals surface area contributed by atoms with E-state index in [2.05, 4.69) is 15.5 Å². The van der Waals surface area contributed by atoms with E-state index in [1.807, 2.05) is 0 Å². The van der Waals surface area contributed by atoms with Crippen LogP contribution in [0.4, 0.5) is 14.8 Å². The summed E-state index contributed by atoms with van der Waals surface area (Å²) < 4.78 is 30.3. The predicted octanol–water partition coefficient (Wildman–Crippen LogP) is 2.06.